The average molecular weight is 963 g/mol. The first kappa shape index (κ1) is 46.6. The van der Waals surface area contributed by atoms with E-state index in [1.165, 1.54) is 0 Å². The van der Waals surface area contributed by atoms with E-state index in [0.29, 0.717) is 59.5 Å². The summed E-state index contributed by atoms with van der Waals surface area (Å²) in [6.07, 6.45) is 7.17. The normalized spacial score (nSPS) is 24.4. The number of ether oxygens (including phenoxy) is 4. The van der Waals surface area contributed by atoms with Gasteiger partial charge in [0.05, 0.1) is 26.3 Å². The molecule has 10 nitrogen and oxygen atoms in total. The van der Waals surface area contributed by atoms with Crippen molar-refractivity contribution in [3.8, 4) is 69.5 Å². The topological polar surface area (TPSA) is 124 Å². The van der Waals surface area contributed by atoms with Crippen LogP contribution in [0.15, 0.2) is 131 Å². The molecule has 4 aliphatic rings. The lowest BCUT2D eigenvalue weighted by Gasteiger charge is -2.34. The fourth-order valence-corrected chi connectivity index (χ4v) is 13.0. The number of nitrogens with zero attached hydrogens (tertiary/aromatic N) is 2. The summed E-state index contributed by atoms with van der Waals surface area (Å²) in [6.45, 7) is 11.3. The predicted molar refractivity (Wildman–Crippen MR) is 272 cm³/mol. The fraction of sp³-hybridized carbons (Fsp3) is 0.333. The Labute approximate surface area is 413 Å². The Bertz CT molecular complexity index is 2830. The number of fused-ring (bicyclic) bond motifs is 2. The van der Waals surface area contributed by atoms with Gasteiger partial charge in [0.15, 0.2) is 0 Å². The molecule has 6 aromatic rings. The lowest BCUT2D eigenvalue weighted by molar-refractivity contribution is 0.190. The van der Waals surface area contributed by atoms with Gasteiger partial charge in [0, 0.05) is 36.8 Å². The summed E-state index contributed by atoms with van der Waals surface area (Å²) in [5, 5.41) is 42.6. The number of hydrogen-bond donors (Lipinski definition) is 4. The lowest BCUT2D eigenvalue weighted by Crippen LogP contribution is -2.34. The highest BCUT2D eigenvalue weighted by Crippen LogP contribution is 2.57. The third-order valence-electron chi connectivity index (χ3n) is 14.0. The van der Waals surface area contributed by atoms with Gasteiger partial charge < -0.3 is 39.4 Å². The fourth-order valence-electron chi connectivity index (χ4n) is 10.4. The molecule has 2 saturated heterocycles. The summed E-state index contributed by atoms with van der Waals surface area (Å²) in [5.74, 6) is 7.33. The van der Waals surface area contributed by atoms with Gasteiger partial charge in [-0.3, -0.25) is 9.80 Å². The largest absolute Gasteiger partial charge is 0.508 e. The zero-order valence-electron chi connectivity index (χ0n) is 39.0. The highest BCUT2D eigenvalue weighted by molar-refractivity contribution is 8.00. The van der Waals surface area contributed by atoms with Crippen molar-refractivity contribution in [2.75, 3.05) is 39.4 Å². The maximum absolute atomic E-state index is 11.9. The smallest absolute Gasteiger partial charge is 0.140 e. The maximum atomic E-state index is 11.9. The van der Waals surface area contributed by atoms with Gasteiger partial charge in [-0.25, -0.2) is 0 Å². The van der Waals surface area contributed by atoms with Crippen LogP contribution in [0, 0.1) is 24.2 Å². The van der Waals surface area contributed by atoms with Crippen LogP contribution in [0.3, 0.4) is 0 Å². The number of phenolic OH excluding ortho intramolecular Hbond substituents is 4. The molecule has 69 heavy (non-hydrogen) atoms. The average Bonchev–Trinajstić information content (AvgIpc) is 3.88. The van der Waals surface area contributed by atoms with Crippen molar-refractivity contribution in [1.29, 1.82) is 0 Å². The number of phenols is 4. The van der Waals surface area contributed by atoms with E-state index in [4.69, 9.17) is 25.4 Å². The monoisotopic (exact) mass is 962 g/mol. The Morgan fingerprint density at radius 3 is 1.87 bits per heavy atom. The van der Waals surface area contributed by atoms with Crippen LogP contribution in [0.4, 0.5) is 0 Å². The summed E-state index contributed by atoms with van der Waals surface area (Å²) >= 11 is 3.20. The van der Waals surface area contributed by atoms with E-state index in [1.807, 2.05) is 60.7 Å². The molecule has 8 atom stereocenters. The van der Waals surface area contributed by atoms with Crippen molar-refractivity contribution in [1.82, 2.24) is 9.80 Å². The van der Waals surface area contributed by atoms with Crippen molar-refractivity contribution in [3.05, 3.63) is 144 Å². The van der Waals surface area contributed by atoms with Crippen molar-refractivity contribution in [2.24, 2.45) is 11.8 Å². The van der Waals surface area contributed by atoms with Crippen molar-refractivity contribution in [2.45, 2.75) is 78.2 Å². The van der Waals surface area contributed by atoms with E-state index in [2.05, 4.69) is 42.6 Å². The first-order valence-electron chi connectivity index (χ1n) is 23.9. The maximum Gasteiger partial charge on any atom is 0.140 e. The third-order valence-corrected chi connectivity index (χ3v) is 16.7. The van der Waals surface area contributed by atoms with E-state index in [-0.39, 0.29) is 39.5 Å². The Morgan fingerprint density at radius 1 is 0.623 bits per heavy atom. The minimum absolute atomic E-state index is 0.0901. The van der Waals surface area contributed by atoms with Crippen molar-refractivity contribution >= 4 is 23.5 Å². The van der Waals surface area contributed by atoms with Gasteiger partial charge in [-0.05, 0) is 145 Å². The Morgan fingerprint density at radius 2 is 1.20 bits per heavy atom. The molecule has 356 valence electrons. The molecule has 0 saturated carbocycles. The number of terminal acetylenes is 1. The van der Waals surface area contributed by atoms with Crippen molar-refractivity contribution in [3.63, 3.8) is 0 Å². The summed E-state index contributed by atoms with van der Waals surface area (Å²) in [6, 6.07) is 37.9. The molecule has 4 N–H and O–H groups in total. The summed E-state index contributed by atoms with van der Waals surface area (Å²) in [5.41, 5.74) is 4.96. The minimum atomic E-state index is -0.492. The number of thioether (sulfide) groups is 2. The first-order valence-corrected chi connectivity index (χ1v) is 25.6. The second kappa shape index (κ2) is 20.1. The van der Waals surface area contributed by atoms with E-state index in [9.17, 15) is 20.4 Å². The molecule has 6 aromatic carbocycles. The molecule has 2 fully saturated rings. The van der Waals surface area contributed by atoms with Gasteiger partial charge in [0.1, 0.15) is 71.4 Å². The quantitative estimate of drug-likeness (QED) is 0.0824. The van der Waals surface area contributed by atoms with Gasteiger partial charge in [-0.2, -0.15) is 0 Å². The molecule has 0 unspecified atom stereocenters. The standard InChI is InChI=1S/C57H58N2O8S2/c1-5-47-35(3)22-23-58(47)24-26-64-44-16-8-37(9-17-44)54-57(69-53-32-43(62)14-20-50(53)66-54)40-10-18-48(63)45(30-40)46-29-39(11-19-49(46)65-27-25-59-33-34(2)28-36(59)4)55-56(38-6-12-41(60)13-7-38)68-52-31-42(61)15-21-51(52)67-55/h1,6-21,29-32,34-36,47,54-57,60-63H,22-28,33H2,2-4H3/t34-,35-,36+,47+,54+,55+,56-,57-/m1/s1. The first-order chi connectivity index (χ1) is 33.5. The molecule has 0 aliphatic carbocycles. The number of rotatable bonds is 13. The summed E-state index contributed by atoms with van der Waals surface area (Å²) < 4.78 is 26.6. The number of hydrogen-bond acceptors (Lipinski definition) is 12. The van der Waals surface area contributed by atoms with Crippen LogP contribution in [-0.2, 0) is 0 Å². The van der Waals surface area contributed by atoms with Gasteiger partial charge in [0.25, 0.3) is 0 Å². The SMILES string of the molecule is C#C[C@H]1[C@H](C)CCN1CCOc1ccc([C@@H]2Oc3ccc(O)cc3S[C@@H]2c2ccc(O)c(-c3cc([C@@H]4Oc5ccc(O)cc5S[C@@H]4c4ccc(O)cc4)ccc3OCCN3C[C@H](C)C[C@@H]3C)c2)cc1. The highest BCUT2D eigenvalue weighted by Gasteiger charge is 2.37. The van der Waals surface area contributed by atoms with Gasteiger partial charge in [-0.1, -0.05) is 56.2 Å². The molecule has 4 aliphatic heterocycles. The third kappa shape index (κ3) is 10.0. The zero-order chi connectivity index (χ0) is 47.8. The molecule has 0 radical (unpaired) electrons. The Kier molecular flexibility index (Phi) is 13.6. The highest BCUT2D eigenvalue weighted by atomic mass is 32.2. The predicted octanol–water partition coefficient (Wildman–Crippen LogP) is 11.9. The molecular weight excluding hydrogens is 905 g/mol. The minimum Gasteiger partial charge on any atom is -0.508 e. The number of benzene rings is 6. The van der Waals surface area contributed by atoms with Crippen LogP contribution in [0.2, 0.25) is 0 Å². The molecule has 10 rings (SSSR count). The second-order valence-electron chi connectivity index (χ2n) is 18.9. The summed E-state index contributed by atoms with van der Waals surface area (Å²) in [4.78, 5) is 6.41. The molecule has 0 bridgehead atoms. The van der Waals surface area contributed by atoms with E-state index < -0.39 is 12.2 Å². The van der Waals surface area contributed by atoms with Gasteiger partial charge >= 0.3 is 0 Å². The van der Waals surface area contributed by atoms with Crippen LogP contribution >= 0.6 is 23.5 Å². The van der Waals surface area contributed by atoms with Crippen LogP contribution < -0.4 is 18.9 Å². The molecule has 0 spiro atoms. The molecule has 0 aromatic heterocycles. The second-order valence-corrected chi connectivity index (χ2v) is 21.3. The van der Waals surface area contributed by atoms with Crippen LogP contribution in [0.25, 0.3) is 11.1 Å². The van der Waals surface area contributed by atoms with Crippen molar-refractivity contribution < 1.29 is 39.4 Å². The zero-order valence-corrected chi connectivity index (χ0v) is 40.7. The number of aromatic hydroxyl groups is 4. The molecule has 0 amide bonds. The van der Waals surface area contributed by atoms with Gasteiger partial charge in [-0.15, -0.1) is 29.9 Å². The lowest BCUT2D eigenvalue weighted by atomic mass is 9.92. The molecule has 12 heteroatoms. The van der Waals surface area contributed by atoms with E-state index in [0.717, 1.165) is 76.8 Å². The number of likely N-dealkylation sites (tertiary alicyclic amines) is 2. The molecule has 4 heterocycles. The van der Waals surface area contributed by atoms with E-state index in [1.54, 1.807) is 78.1 Å². The Balaban J connectivity index is 0.997. The molecular formula is C57H58N2O8S2. The van der Waals surface area contributed by atoms with E-state index >= 15 is 0 Å². The van der Waals surface area contributed by atoms with Crippen LogP contribution in [0.1, 0.15) is 78.6 Å². The Hall–Kier alpha value is -6.10. The van der Waals surface area contributed by atoms with Crippen LogP contribution in [0.5, 0.6) is 46.0 Å². The van der Waals surface area contributed by atoms with Crippen LogP contribution in [-0.4, -0.2) is 81.7 Å². The summed E-state index contributed by atoms with van der Waals surface area (Å²) in [7, 11) is 0. The van der Waals surface area contributed by atoms with Gasteiger partial charge in [0.2, 0.25) is 0 Å².